The normalized spacial score (nSPS) is 18.2. The molecule has 0 saturated carbocycles. The Morgan fingerprint density at radius 3 is 2.75 bits per heavy atom. The summed E-state index contributed by atoms with van der Waals surface area (Å²) in [5.74, 6) is 0.155. The van der Waals surface area contributed by atoms with Crippen LogP contribution in [0.1, 0.15) is 30.4 Å². The highest BCUT2D eigenvalue weighted by Crippen LogP contribution is 2.33. The Labute approximate surface area is 158 Å². The number of aryl methyl sites for hydroxylation is 1. The Morgan fingerprint density at radius 2 is 2.04 bits per heavy atom. The number of rotatable bonds is 4. The number of likely N-dealkylation sites (tertiary alicyclic amines) is 1. The molecule has 0 spiro atoms. The molecule has 3 heterocycles. The first kappa shape index (κ1) is 18.6. The molecule has 148 valence electrons. The predicted octanol–water partition coefficient (Wildman–Crippen LogP) is 2.42. The van der Waals surface area contributed by atoms with Crippen molar-refractivity contribution in [3.05, 3.63) is 52.3 Å². The lowest BCUT2D eigenvalue weighted by atomic mass is 10.1. The fraction of sp³-hybridized carbons (Fsp3) is 0.444. The largest absolute Gasteiger partial charge is 0.406 e. The molecule has 0 bridgehead atoms. The summed E-state index contributed by atoms with van der Waals surface area (Å²) in [5, 5.41) is 8.15. The molecule has 3 aromatic rings. The van der Waals surface area contributed by atoms with Gasteiger partial charge in [0.2, 0.25) is 0 Å². The maximum absolute atomic E-state index is 13.2. The number of alkyl halides is 3. The molecule has 2 aromatic heterocycles. The average molecular weight is 392 g/mol. The van der Waals surface area contributed by atoms with E-state index in [2.05, 4.69) is 15.3 Å². The van der Waals surface area contributed by atoms with Gasteiger partial charge in [-0.15, -0.1) is 5.10 Å². The third-order valence-corrected chi connectivity index (χ3v) is 4.91. The number of aromatic nitrogens is 5. The van der Waals surface area contributed by atoms with Crippen molar-refractivity contribution in [2.75, 3.05) is 6.54 Å². The molecule has 1 fully saturated rings. The second-order valence-corrected chi connectivity index (χ2v) is 7.01. The van der Waals surface area contributed by atoms with Crippen LogP contribution in [0.2, 0.25) is 0 Å². The molecule has 1 aliphatic rings. The number of nitrogens with zero attached hydrogens (tertiary/aromatic N) is 6. The number of hydrogen-bond donors (Lipinski definition) is 0. The van der Waals surface area contributed by atoms with Gasteiger partial charge < -0.3 is 0 Å². The smallest absolute Gasteiger partial charge is 0.287 e. The minimum absolute atomic E-state index is 0.155. The molecule has 10 heteroatoms. The van der Waals surface area contributed by atoms with Gasteiger partial charge in [-0.05, 0) is 31.5 Å². The van der Waals surface area contributed by atoms with Crippen molar-refractivity contribution < 1.29 is 13.2 Å². The van der Waals surface area contributed by atoms with Crippen LogP contribution in [0.25, 0.3) is 10.9 Å². The van der Waals surface area contributed by atoms with E-state index in [9.17, 15) is 18.0 Å². The summed E-state index contributed by atoms with van der Waals surface area (Å²) in [6.07, 6.45) is -1.31. The van der Waals surface area contributed by atoms with E-state index < -0.39 is 18.3 Å². The summed E-state index contributed by atoms with van der Waals surface area (Å²) in [7, 11) is 1.75. The van der Waals surface area contributed by atoms with E-state index in [1.54, 1.807) is 36.1 Å². The molecule has 0 N–H and O–H groups in total. The Bertz CT molecular complexity index is 1060. The second kappa shape index (κ2) is 7.01. The van der Waals surface area contributed by atoms with Crippen LogP contribution in [0.3, 0.4) is 0 Å². The van der Waals surface area contributed by atoms with Crippen LogP contribution in [-0.2, 0) is 20.1 Å². The summed E-state index contributed by atoms with van der Waals surface area (Å²) in [6, 6.07) is 6.12. The Hall–Kier alpha value is -2.75. The maximum Gasteiger partial charge on any atom is 0.406 e. The second-order valence-electron chi connectivity index (χ2n) is 7.01. The van der Waals surface area contributed by atoms with Gasteiger partial charge >= 0.3 is 6.18 Å². The molecule has 0 amide bonds. The van der Waals surface area contributed by atoms with E-state index in [0.29, 0.717) is 25.0 Å². The summed E-state index contributed by atoms with van der Waals surface area (Å²) in [4.78, 5) is 19.3. The van der Waals surface area contributed by atoms with Gasteiger partial charge in [0.15, 0.2) is 0 Å². The SMILES string of the molecule is Cn1cc(CN2CCCC2c2nc3ccccc3c(=O)n2CC(F)(F)F)nn1. The zero-order valence-corrected chi connectivity index (χ0v) is 15.2. The zero-order valence-electron chi connectivity index (χ0n) is 15.2. The monoisotopic (exact) mass is 392 g/mol. The molecule has 1 unspecified atom stereocenters. The number of halogens is 3. The lowest BCUT2D eigenvalue weighted by Crippen LogP contribution is -2.35. The van der Waals surface area contributed by atoms with E-state index >= 15 is 0 Å². The summed E-state index contributed by atoms with van der Waals surface area (Å²) < 4.78 is 42.0. The van der Waals surface area contributed by atoms with Crippen molar-refractivity contribution in [3.63, 3.8) is 0 Å². The van der Waals surface area contributed by atoms with Gasteiger partial charge in [-0.25, -0.2) is 4.98 Å². The first-order chi connectivity index (χ1) is 13.3. The molecule has 1 aliphatic heterocycles. The minimum atomic E-state index is -4.52. The van der Waals surface area contributed by atoms with Crippen LogP contribution in [0.5, 0.6) is 0 Å². The highest BCUT2D eigenvalue weighted by molar-refractivity contribution is 5.77. The molecule has 1 aromatic carbocycles. The van der Waals surface area contributed by atoms with Crippen LogP contribution in [0, 0.1) is 0 Å². The number of fused-ring (bicyclic) bond motifs is 1. The van der Waals surface area contributed by atoms with E-state index in [-0.39, 0.29) is 17.3 Å². The standard InChI is InChI=1S/C18H19F3N6O/c1-25-9-12(23-24-25)10-26-8-4-7-15(26)16-22-14-6-3-2-5-13(14)17(28)27(16)11-18(19,20)21/h2-3,5-6,9,15H,4,7-8,10-11H2,1H3. The van der Waals surface area contributed by atoms with E-state index in [4.69, 9.17) is 0 Å². The van der Waals surface area contributed by atoms with Gasteiger partial charge in [0.1, 0.15) is 12.4 Å². The quantitative estimate of drug-likeness (QED) is 0.682. The molecule has 1 saturated heterocycles. The predicted molar refractivity (Wildman–Crippen MR) is 95.4 cm³/mol. The molecule has 7 nitrogen and oxygen atoms in total. The van der Waals surface area contributed by atoms with Crippen molar-refractivity contribution in [1.29, 1.82) is 0 Å². The fourth-order valence-corrected chi connectivity index (χ4v) is 3.76. The first-order valence-electron chi connectivity index (χ1n) is 8.97. The van der Waals surface area contributed by atoms with Crippen molar-refractivity contribution >= 4 is 10.9 Å². The first-order valence-corrected chi connectivity index (χ1v) is 8.97. The van der Waals surface area contributed by atoms with Crippen molar-refractivity contribution in [2.45, 2.75) is 38.1 Å². The maximum atomic E-state index is 13.2. The lowest BCUT2D eigenvalue weighted by Gasteiger charge is -2.26. The molecular formula is C18H19F3N6O. The summed E-state index contributed by atoms with van der Waals surface area (Å²) in [6.45, 7) is -0.225. The van der Waals surface area contributed by atoms with Gasteiger partial charge in [-0.1, -0.05) is 17.3 Å². The van der Waals surface area contributed by atoms with Crippen LogP contribution < -0.4 is 5.56 Å². The van der Waals surface area contributed by atoms with Gasteiger partial charge in [0.25, 0.3) is 5.56 Å². The minimum Gasteiger partial charge on any atom is -0.287 e. The molecule has 4 rings (SSSR count). The summed E-state index contributed by atoms with van der Waals surface area (Å²) in [5.41, 5.74) is 0.469. The zero-order chi connectivity index (χ0) is 19.9. The topological polar surface area (TPSA) is 68.8 Å². The van der Waals surface area contributed by atoms with Crippen LogP contribution in [0.15, 0.2) is 35.3 Å². The van der Waals surface area contributed by atoms with E-state index in [1.807, 2.05) is 4.90 Å². The van der Waals surface area contributed by atoms with Crippen LogP contribution >= 0.6 is 0 Å². The molecular weight excluding hydrogens is 373 g/mol. The van der Waals surface area contributed by atoms with Crippen molar-refractivity contribution in [1.82, 2.24) is 29.4 Å². The van der Waals surface area contributed by atoms with Crippen molar-refractivity contribution in [3.8, 4) is 0 Å². The average Bonchev–Trinajstić information content (AvgIpc) is 3.25. The highest BCUT2D eigenvalue weighted by atomic mass is 19.4. The lowest BCUT2D eigenvalue weighted by molar-refractivity contribution is -0.142. The van der Waals surface area contributed by atoms with Gasteiger partial charge in [-0.2, -0.15) is 13.2 Å². The third-order valence-electron chi connectivity index (χ3n) is 4.91. The highest BCUT2D eigenvalue weighted by Gasteiger charge is 2.35. The number of para-hydroxylation sites is 1. The van der Waals surface area contributed by atoms with Crippen LogP contribution in [-0.4, -0.2) is 42.2 Å². The van der Waals surface area contributed by atoms with Crippen LogP contribution in [0.4, 0.5) is 13.2 Å². The molecule has 0 radical (unpaired) electrons. The number of hydrogen-bond acceptors (Lipinski definition) is 5. The van der Waals surface area contributed by atoms with Crippen molar-refractivity contribution in [2.24, 2.45) is 7.05 Å². The van der Waals surface area contributed by atoms with E-state index in [1.165, 1.54) is 6.07 Å². The Kier molecular flexibility index (Phi) is 4.66. The Balaban J connectivity index is 1.79. The molecule has 0 aliphatic carbocycles. The molecule has 1 atom stereocenters. The fourth-order valence-electron chi connectivity index (χ4n) is 3.76. The molecule has 28 heavy (non-hydrogen) atoms. The third kappa shape index (κ3) is 3.64. The van der Waals surface area contributed by atoms with Gasteiger partial charge in [0, 0.05) is 19.8 Å². The Morgan fingerprint density at radius 1 is 1.25 bits per heavy atom. The summed E-state index contributed by atoms with van der Waals surface area (Å²) >= 11 is 0. The number of benzene rings is 1. The van der Waals surface area contributed by atoms with Gasteiger partial charge in [-0.3, -0.25) is 18.9 Å². The van der Waals surface area contributed by atoms with Gasteiger partial charge in [0.05, 0.1) is 22.6 Å². The van der Waals surface area contributed by atoms with E-state index in [0.717, 1.165) is 16.7 Å².